The Morgan fingerprint density at radius 1 is 1.35 bits per heavy atom. The number of amides is 1. The molecule has 2 rings (SSSR count). The van der Waals surface area contributed by atoms with Gasteiger partial charge in [0.25, 0.3) is 0 Å². The average Bonchev–Trinajstić information content (AvgIpc) is 2.48. The first-order valence-electron chi connectivity index (χ1n) is 7.27. The van der Waals surface area contributed by atoms with E-state index >= 15 is 0 Å². The normalized spacial score (nSPS) is 22.6. The Kier molecular flexibility index (Phi) is 5.01. The largest absolute Gasteiger partial charge is 0.497 e. The van der Waals surface area contributed by atoms with E-state index in [1.165, 1.54) is 5.56 Å². The quantitative estimate of drug-likeness (QED) is 0.912. The molecular formula is C16H24N2O2. The van der Waals surface area contributed by atoms with Crippen molar-refractivity contribution in [1.29, 1.82) is 0 Å². The first-order chi connectivity index (χ1) is 9.61. The maximum Gasteiger partial charge on any atom is 0.223 e. The van der Waals surface area contributed by atoms with Crippen molar-refractivity contribution in [3.63, 3.8) is 0 Å². The number of carbonyl (C=O) groups excluding carboxylic acids is 1. The van der Waals surface area contributed by atoms with E-state index in [9.17, 15) is 4.79 Å². The van der Waals surface area contributed by atoms with E-state index in [2.05, 4.69) is 19.2 Å². The highest BCUT2D eigenvalue weighted by Gasteiger charge is 2.27. The number of nitrogens with one attached hydrogen (secondary N) is 1. The van der Waals surface area contributed by atoms with Gasteiger partial charge in [0.2, 0.25) is 5.91 Å². The summed E-state index contributed by atoms with van der Waals surface area (Å²) in [6.07, 6.45) is 1.36. The third-order valence-electron chi connectivity index (χ3n) is 4.14. The Morgan fingerprint density at radius 2 is 2.05 bits per heavy atom. The van der Waals surface area contributed by atoms with E-state index in [-0.39, 0.29) is 11.9 Å². The Labute approximate surface area is 121 Å². The number of nitrogens with zero attached hydrogens (tertiary/aromatic N) is 1. The van der Waals surface area contributed by atoms with Gasteiger partial charge in [0, 0.05) is 31.6 Å². The van der Waals surface area contributed by atoms with Gasteiger partial charge in [-0.05, 0) is 38.0 Å². The number of methoxy groups -OCH3 is 1. The lowest BCUT2D eigenvalue weighted by Gasteiger charge is -2.38. The van der Waals surface area contributed by atoms with E-state index in [1.54, 1.807) is 7.11 Å². The Morgan fingerprint density at radius 3 is 2.70 bits per heavy atom. The van der Waals surface area contributed by atoms with Gasteiger partial charge in [-0.15, -0.1) is 0 Å². The summed E-state index contributed by atoms with van der Waals surface area (Å²) >= 11 is 0. The Hall–Kier alpha value is -1.55. The molecule has 0 spiro atoms. The van der Waals surface area contributed by atoms with Crippen LogP contribution in [-0.2, 0) is 11.2 Å². The zero-order valence-corrected chi connectivity index (χ0v) is 12.6. The van der Waals surface area contributed by atoms with Crippen LogP contribution in [-0.4, -0.2) is 43.1 Å². The number of rotatable bonds is 4. The first-order valence-corrected chi connectivity index (χ1v) is 7.27. The van der Waals surface area contributed by atoms with Crippen LogP contribution in [0.2, 0.25) is 0 Å². The minimum Gasteiger partial charge on any atom is -0.497 e. The second-order valence-electron chi connectivity index (χ2n) is 5.42. The predicted molar refractivity (Wildman–Crippen MR) is 80.0 cm³/mol. The highest BCUT2D eigenvalue weighted by molar-refractivity contribution is 5.77. The average molecular weight is 276 g/mol. The van der Waals surface area contributed by atoms with Crippen molar-refractivity contribution in [1.82, 2.24) is 10.2 Å². The molecule has 1 aliphatic heterocycles. The van der Waals surface area contributed by atoms with Gasteiger partial charge in [0.1, 0.15) is 5.75 Å². The maximum absolute atomic E-state index is 12.3. The molecule has 1 fully saturated rings. The molecule has 1 aromatic carbocycles. The van der Waals surface area contributed by atoms with Crippen LogP contribution >= 0.6 is 0 Å². The van der Waals surface area contributed by atoms with Crippen molar-refractivity contribution in [2.45, 2.75) is 38.8 Å². The highest BCUT2D eigenvalue weighted by atomic mass is 16.5. The molecule has 1 aliphatic rings. The molecule has 1 amide bonds. The van der Waals surface area contributed by atoms with Gasteiger partial charge in [-0.3, -0.25) is 4.79 Å². The van der Waals surface area contributed by atoms with Crippen LogP contribution in [0.3, 0.4) is 0 Å². The van der Waals surface area contributed by atoms with Crippen molar-refractivity contribution in [3.05, 3.63) is 29.8 Å². The molecule has 2 unspecified atom stereocenters. The highest BCUT2D eigenvalue weighted by Crippen LogP contribution is 2.15. The molecule has 0 bridgehead atoms. The number of hydrogen-bond donors (Lipinski definition) is 1. The maximum atomic E-state index is 12.3. The van der Waals surface area contributed by atoms with Gasteiger partial charge in [0.15, 0.2) is 0 Å². The summed E-state index contributed by atoms with van der Waals surface area (Å²) < 4.78 is 5.13. The lowest BCUT2D eigenvalue weighted by molar-refractivity contribution is -0.134. The first kappa shape index (κ1) is 14.9. The molecule has 20 heavy (non-hydrogen) atoms. The molecule has 0 radical (unpaired) electrons. The zero-order valence-electron chi connectivity index (χ0n) is 12.6. The minimum atomic E-state index is 0.252. The van der Waals surface area contributed by atoms with E-state index in [1.807, 2.05) is 29.2 Å². The van der Waals surface area contributed by atoms with Crippen LogP contribution in [0.1, 0.15) is 25.8 Å². The number of ether oxygens (including phenoxy) is 1. The van der Waals surface area contributed by atoms with Gasteiger partial charge >= 0.3 is 0 Å². The van der Waals surface area contributed by atoms with Crippen LogP contribution < -0.4 is 10.1 Å². The molecule has 0 aliphatic carbocycles. The monoisotopic (exact) mass is 276 g/mol. The third kappa shape index (κ3) is 3.51. The number of piperazine rings is 1. The molecule has 0 saturated carbocycles. The fourth-order valence-corrected chi connectivity index (χ4v) is 2.60. The fraction of sp³-hybridized carbons (Fsp3) is 0.562. The van der Waals surface area contributed by atoms with Crippen molar-refractivity contribution < 1.29 is 9.53 Å². The van der Waals surface area contributed by atoms with Gasteiger partial charge in [-0.2, -0.15) is 0 Å². The molecule has 110 valence electrons. The molecular weight excluding hydrogens is 252 g/mol. The van der Waals surface area contributed by atoms with Gasteiger partial charge in [-0.25, -0.2) is 0 Å². The molecule has 0 aromatic heterocycles. The van der Waals surface area contributed by atoms with Crippen LogP contribution in [0.4, 0.5) is 0 Å². The standard InChI is InChI=1S/C16H24N2O2/c1-12-13(2)18(11-10-17-12)16(19)9-6-14-4-7-15(20-3)8-5-14/h4-5,7-8,12-13,17H,6,9-11H2,1-3H3. The number of aryl methyl sites for hydroxylation is 1. The molecule has 4 heteroatoms. The summed E-state index contributed by atoms with van der Waals surface area (Å²) in [6.45, 7) is 5.95. The number of hydrogen-bond acceptors (Lipinski definition) is 3. The minimum absolute atomic E-state index is 0.252. The van der Waals surface area contributed by atoms with Crippen molar-refractivity contribution >= 4 is 5.91 Å². The third-order valence-corrected chi connectivity index (χ3v) is 4.14. The summed E-state index contributed by atoms with van der Waals surface area (Å²) in [6, 6.07) is 8.57. The predicted octanol–water partition coefficient (Wildman–Crippen LogP) is 1.84. The van der Waals surface area contributed by atoms with Crippen LogP contribution in [0.15, 0.2) is 24.3 Å². The summed E-state index contributed by atoms with van der Waals surface area (Å²) in [5.74, 6) is 1.10. The lowest BCUT2D eigenvalue weighted by atomic mass is 10.0. The SMILES string of the molecule is COc1ccc(CCC(=O)N2CCNC(C)C2C)cc1. The molecule has 1 heterocycles. The smallest absolute Gasteiger partial charge is 0.223 e. The van der Waals surface area contributed by atoms with Crippen LogP contribution in [0, 0.1) is 0 Å². The van der Waals surface area contributed by atoms with Gasteiger partial charge in [-0.1, -0.05) is 12.1 Å². The van der Waals surface area contributed by atoms with Crippen molar-refractivity contribution in [3.8, 4) is 5.75 Å². The van der Waals surface area contributed by atoms with E-state index < -0.39 is 0 Å². The molecule has 4 nitrogen and oxygen atoms in total. The topological polar surface area (TPSA) is 41.6 Å². The van der Waals surface area contributed by atoms with Crippen molar-refractivity contribution in [2.24, 2.45) is 0 Å². The lowest BCUT2D eigenvalue weighted by Crippen LogP contribution is -2.57. The number of benzene rings is 1. The Bertz CT molecular complexity index is 444. The molecule has 2 atom stereocenters. The van der Waals surface area contributed by atoms with Crippen LogP contribution in [0.25, 0.3) is 0 Å². The summed E-state index contributed by atoms with van der Waals surface area (Å²) in [5.41, 5.74) is 1.18. The molecule has 1 saturated heterocycles. The summed E-state index contributed by atoms with van der Waals surface area (Å²) in [5, 5.41) is 3.40. The molecule has 1 aromatic rings. The van der Waals surface area contributed by atoms with Crippen LogP contribution in [0.5, 0.6) is 5.75 Å². The fourth-order valence-electron chi connectivity index (χ4n) is 2.60. The number of carbonyl (C=O) groups is 1. The zero-order chi connectivity index (χ0) is 14.5. The second-order valence-corrected chi connectivity index (χ2v) is 5.42. The Balaban J connectivity index is 1.87. The van der Waals surface area contributed by atoms with E-state index in [0.717, 1.165) is 25.3 Å². The van der Waals surface area contributed by atoms with Gasteiger partial charge < -0.3 is 15.0 Å². The summed E-state index contributed by atoms with van der Waals surface area (Å²) in [4.78, 5) is 14.3. The van der Waals surface area contributed by atoms with Crippen molar-refractivity contribution in [2.75, 3.05) is 20.2 Å². The summed E-state index contributed by atoms with van der Waals surface area (Å²) in [7, 11) is 1.66. The van der Waals surface area contributed by atoms with E-state index in [0.29, 0.717) is 12.5 Å². The van der Waals surface area contributed by atoms with E-state index in [4.69, 9.17) is 4.74 Å². The van der Waals surface area contributed by atoms with Gasteiger partial charge in [0.05, 0.1) is 7.11 Å². The second kappa shape index (κ2) is 6.75. The molecule has 1 N–H and O–H groups in total.